The number of thioether (sulfide) groups is 1. The van der Waals surface area contributed by atoms with Crippen LogP contribution in [0.4, 0.5) is 5.82 Å². The summed E-state index contributed by atoms with van der Waals surface area (Å²) in [5.74, 6) is 3.40. The number of aryl methyl sites for hydroxylation is 1. The van der Waals surface area contributed by atoms with Gasteiger partial charge in [0.1, 0.15) is 10.8 Å². The lowest BCUT2D eigenvalue weighted by molar-refractivity contribution is 0.684. The lowest BCUT2D eigenvalue weighted by Gasteiger charge is -2.16. The molecule has 1 fully saturated rings. The third-order valence-corrected chi connectivity index (χ3v) is 6.17. The van der Waals surface area contributed by atoms with Crippen molar-refractivity contribution in [2.75, 3.05) is 11.5 Å². The molecule has 2 aliphatic carbocycles. The van der Waals surface area contributed by atoms with Crippen molar-refractivity contribution in [3.8, 4) is 5.82 Å². The van der Waals surface area contributed by atoms with Crippen molar-refractivity contribution < 1.29 is 0 Å². The van der Waals surface area contributed by atoms with Crippen molar-refractivity contribution in [3.63, 3.8) is 0 Å². The van der Waals surface area contributed by atoms with Crippen molar-refractivity contribution >= 4 is 34.8 Å². The second kappa shape index (κ2) is 5.60. The van der Waals surface area contributed by atoms with Crippen LogP contribution in [0.15, 0.2) is 22.3 Å². The molecule has 2 aliphatic rings. The molecule has 0 amide bonds. The molecular formula is C16H20ClN5S. The molecule has 0 radical (unpaired) electrons. The number of nitrogen functional groups attached to an aromatic ring is 1. The molecule has 2 N–H and O–H groups in total. The fourth-order valence-electron chi connectivity index (χ4n) is 3.80. The van der Waals surface area contributed by atoms with E-state index in [2.05, 4.69) is 12.0 Å². The summed E-state index contributed by atoms with van der Waals surface area (Å²) in [6, 6.07) is 1.92. The van der Waals surface area contributed by atoms with Gasteiger partial charge in [-0.15, -0.1) is 11.8 Å². The lowest BCUT2D eigenvalue weighted by Crippen LogP contribution is -2.06. The molecule has 2 bridgehead atoms. The van der Waals surface area contributed by atoms with E-state index in [1.54, 1.807) is 21.1 Å². The second-order valence-corrected chi connectivity index (χ2v) is 7.89. The summed E-state index contributed by atoms with van der Waals surface area (Å²) >= 11 is 8.39. The molecule has 0 saturated heterocycles. The number of aromatic nitrogens is 4. The number of hydrogen-bond acceptors (Lipinski definition) is 4. The molecule has 2 aromatic rings. The normalized spacial score (nSPS) is 23.3. The third-order valence-electron chi connectivity index (χ3n) is 4.81. The SMILES string of the molecule is CCSc1nn(-c2ccn(C)n2)c(N)c1C1=C(Cl)C2CCC1C2. The van der Waals surface area contributed by atoms with Crippen LogP contribution in [0, 0.1) is 11.8 Å². The van der Waals surface area contributed by atoms with Gasteiger partial charge in [0.2, 0.25) is 0 Å². The predicted octanol–water partition coefficient (Wildman–Crippen LogP) is 3.68. The van der Waals surface area contributed by atoms with Crippen molar-refractivity contribution in [2.45, 2.75) is 31.2 Å². The minimum Gasteiger partial charge on any atom is -0.383 e. The highest BCUT2D eigenvalue weighted by Gasteiger charge is 2.41. The maximum absolute atomic E-state index is 6.67. The van der Waals surface area contributed by atoms with E-state index in [0.29, 0.717) is 17.7 Å². The van der Waals surface area contributed by atoms with Gasteiger partial charge in [-0.1, -0.05) is 18.5 Å². The number of halogens is 1. The van der Waals surface area contributed by atoms with E-state index in [1.807, 2.05) is 19.3 Å². The van der Waals surface area contributed by atoms with Crippen LogP contribution in [0.3, 0.4) is 0 Å². The Balaban J connectivity index is 1.87. The minimum atomic E-state index is 0.522. The Bertz CT molecular complexity index is 790. The van der Waals surface area contributed by atoms with E-state index in [0.717, 1.165) is 27.2 Å². The van der Waals surface area contributed by atoms with Gasteiger partial charge >= 0.3 is 0 Å². The Morgan fingerprint density at radius 2 is 2.13 bits per heavy atom. The van der Waals surface area contributed by atoms with Crippen LogP contribution in [0.25, 0.3) is 11.4 Å². The van der Waals surface area contributed by atoms with Gasteiger partial charge in [-0.2, -0.15) is 14.9 Å². The van der Waals surface area contributed by atoms with E-state index < -0.39 is 0 Å². The first-order valence-corrected chi connectivity index (χ1v) is 9.37. The summed E-state index contributed by atoms with van der Waals surface area (Å²) in [6.07, 6.45) is 5.48. The molecule has 2 unspecified atom stereocenters. The number of fused-ring (bicyclic) bond motifs is 2. The molecular weight excluding hydrogens is 330 g/mol. The highest BCUT2D eigenvalue weighted by atomic mass is 35.5. The summed E-state index contributed by atoms with van der Waals surface area (Å²) < 4.78 is 3.50. The zero-order chi connectivity index (χ0) is 16.1. The van der Waals surface area contributed by atoms with Crippen molar-refractivity contribution in [1.82, 2.24) is 19.6 Å². The van der Waals surface area contributed by atoms with Gasteiger partial charge in [0.05, 0.1) is 5.56 Å². The number of nitrogens with zero attached hydrogens (tertiary/aromatic N) is 4. The number of anilines is 1. The summed E-state index contributed by atoms with van der Waals surface area (Å²) in [5, 5.41) is 11.1. The molecule has 0 aromatic carbocycles. The number of allylic oxidation sites excluding steroid dienone is 2. The minimum absolute atomic E-state index is 0.522. The molecule has 0 spiro atoms. The summed E-state index contributed by atoms with van der Waals surface area (Å²) in [4.78, 5) is 0. The molecule has 2 heterocycles. The second-order valence-electron chi connectivity index (χ2n) is 6.23. The fraction of sp³-hybridized carbons (Fsp3) is 0.500. The summed E-state index contributed by atoms with van der Waals surface area (Å²) in [7, 11) is 1.89. The largest absolute Gasteiger partial charge is 0.383 e. The molecule has 5 nitrogen and oxygen atoms in total. The van der Waals surface area contributed by atoms with Crippen LogP contribution in [0.5, 0.6) is 0 Å². The van der Waals surface area contributed by atoms with Crippen molar-refractivity contribution in [1.29, 1.82) is 0 Å². The maximum Gasteiger partial charge on any atom is 0.177 e. The quantitative estimate of drug-likeness (QED) is 0.855. The van der Waals surface area contributed by atoms with E-state index in [-0.39, 0.29) is 0 Å². The van der Waals surface area contributed by atoms with Gasteiger partial charge in [-0.05, 0) is 42.4 Å². The molecule has 0 aliphatic heterocycles. The fourth-order valence-corrected chi connectivity index (χ4v) is 5.02. The van der Waals surface area contributed by atoms with Crippen LogP contribution in [0.2, 0.25) is 0 Å². The average Bonchev–Trinajstić information content (AvgIpc) is 3.26. The highest BCUT2D eigenvalue weighted by molar-refractivity contribution is 7.99. The zero-order valence-corrected chi connectivity index (χ0v) is 14.9. The lowest BCUT2D eigenvalue weighted by atomic mass is 9.93. The van der Waals surface area contributed by atoms with E-state index >= 15 is 0 Å². The highest BCUT2D eigenvalue weighted by Crippen LogP contribution is 2.56. The van der Waals surface area contributed by atoms with Gasteiger partial charge in [-0.25, -0.2) is 0 Å². The molecule has 7 heteroatoms. The van der Waals surface area contributed by atoms with Crippen LogP contribution in [-0.2, 0) is 7.05 Å². The van der Waals surface area contributed by atoms with Crippen LogP contribution < -0.4 is 5.73 Å². The first-order valence-electron chi connectivity index (χ1n) is 8.01. The summed E-state index contributed by atoms with van der Waals surface area (Å²) in [5.41, 5.74) is 8.77. The first-order chi connectivity index (χ1) is 11.1. The Kier molecular flexibility index (Phi) is 3.69. The van der Waals surface area contributed by atoms with E-state index in [1.165, 1.54) is 24.8 Å². The van der Waals surface area contributed by atoms with Crippen molar-refractivity contribution in [3.05, 3.63) is 22.9 Å². The monoisotopic (exact) mass is 349 g/mol. The predicted molar refractivity (Wildman–Crippen MR) is 94.7 cm³/mol. The number of rotatable bonds is 4. The smallest absolute Gasteiger partial charge is 0.177 e. The topological polar surface area (TPSA) is 61.7 Å². The third kappa shape index (κ3) is 2.31. The van der Waals surface area contributed by atoms with E-state index in [4.69, 9.17) is 22.4 Å². The van der Waals surface area contributed by atoms with Gasteiger partial charge in [0, 0.05) is 24.3 Å². The Morgan fingerprint density at radius 1 is 1.35 bits per heavy atom. The van der Waals surface area contributed by atoms with Gasteiger partial charge in [0.25, 0.3) is 0 Å². The molecule has 4 rings (SSSR count). The van der Waals surface area contributed by atoms with Crippen molar-refractivity contribution in [2.24, 2.45) is 18.9 Å². The number of hydrogen-bond donors (Lipinski definition) is 1. The van der Waals surface area contributed by atoms with Crippen LogP contribution in [-0.4, -0.2) is 25.3 Å². The van der Waals surface area contributed by atoms with Gasteiger partial charge in [0.15, 0.2) is 5.82 Å². The molecule has 1 saturated carbocycles. The standard InChI is InChI=1S/C16H20ClN5S/c1-3-23-16-13(12-9-4-5-10(8-9)14(12)17)15(18)22(20-16)11-6-7-21(2)19-11/h6-7,9-10H,3-5,8,18H2,1-2H3. The van der Waals surface area contributed by atoms with Gasteiger partial charge in [-0.3, -0.25) is 4.68 Å². The molecule has 2 atom stereocenters. The Morgan fingerprint density at radius 3 is 2.74 bits per heavy atom. The van der Waals surface area contributed by atoms with Gasteiger partial charge < -0.3 is 5.73 Å². The maximum atomic E-state index is 6.67. The molecule has 23 heavy (non-hydrogen) atoms. The van der Waals surface area contributed by atoms with Crippen LogP contribution in [0.1, 0.15) is 31.7 Å². The van der Waals surface area contributed by atoms with Crippen LogP contribution >= 0.6 is 23.4 Å². The Hall–Kier alpha value is -1.40. The Labute approximate surface area is 144 Å². The number of nitrogens with two attached hydrogens (primary N) is 1. The first kappa shape index (κ1) is 15.1. The zero-order valence-electron chi connectivity index (χ0n) is 13.3. The molecule has 2 aromatic heterocycles. The van der Waals surface area contributed by atoms with E-state index in [9.17, 15) is 0 Å². The summed E-state index contributed by atoms with van der Waals surface area (Å²) in [6.45, 7) is 2.13. The average molecular weight is 350 g/mol. The molecule has 122 valence electrons.